The molecule has 1 heterocycles. The molecule has 2 aromatic rings. The van der Waals surface area contributed by atoms with Crippen LogP contribution in [0, 0.1) is 5.82 Å². The highest BCUT2D eigenvalue weighted by Gasteiger charge is 2.32. The Labute approximate surface area is 167 Å². The number of nitrogens with one attached hydrogen (secondary N) is 1. The Morgan fingerprint density at radius 3 is 2.43 bits per heavy atom. The van der Waals surface area contributed by atoms with E-state index in [1.54, 1.807) is 36.4 Å². The molecule has 0 bridgehead atoms. The van der Waals surface area contributed by atoms with Gasteiger partial charge in [0.15, 0.2) is 5.11 Å². The molecule has 1 N–H and O–H groups in total. The van der Waals surface area contributed by atoms with Crippen LogP contribution in [0.3, 0.4) is 0 Å². The van der Waals surface area contributed by atoms with Crippen molar-refractivity contribution in [2.24, 2.45) is 0 Å². The van der Waals surface area contributed by atoms with Crippen LogP contribution in [0.2, 0.25) is 0 Å². The molecule has 28 heavy (non-hydrogen) atoms. The smallest absolute Gasteiger partial charge is 0.265 e. The van der Waals surface area contributed by atoms with E-state index in [2.05, 4.69) is 11.9 Å². The molecule has 0 aliphatic carbocycles. The van der Waals surface area contributed by atoms with Gasteiger partial charge in [-0.15, -0.1) is 6.58 Å². The third-order valence-corrected chi connectivity index (χ3v) is 4.33. The number of nitrogens with zero attached hydrogens (tertiary/aromatic N) is 1. The molecule has 1 fully saturated rings. The van der Waals surface area contributed by atoms with Gasteiger partial charge in [-0.05, 0) is 53.7 Å². The third-order valence-electron chi connectivity index (χ3n) is 4.01. The Morgan fingerprint density at radius 1 is 1.11 bits per heavy atom. The second-order valence-electron chi connectivity index (χ2n) is 6.01. The van der Waals surface area contributed by atoms with Gasteiger partial charge >= 0.3 is 0 Å². The number of hydrogen-bond acceptors (Lipinski definition) is 4. The Bertz CT molecular complexity index is 953. The molecule has 3 rings (SSSR count). The van der Waals surface area contributed by atoms with Crippen LogP contribution in [-0.4, -0.2) is 28.4 Å². The van der Waals surface area contributed by atoms with Gasteiger partial charge in [0.25, 0.3) is 11.8 Å². The summed E-state index contributed by atoms with van der Waals surface area (Å²) in [7, 11) is 0. The summed E-state index contributed by atoms with van der Waals surface area (Å²) >= 11 is 5.02. The monoisotopic (exact) mass is 396 g/mol. The second kappa shape index (κ2) is 8.58. The maximum Gasteiger partial charge on any atom is 0.265 e. The minimum atomic E-state index is -0.535. The van der Waals surface area contributed by atoms with Gasteiger partial charge in [0, 0.05) is 6.54 Å². The minimum absolute atomic E-state index is 0.00423. The van der Waals surface area contributed by atoms with Gasteiger partial charge in [0.2, 0.25) is 0 Å². The van der Waals surface area contributed by atoms with Crippen LogP contribution in [0.15, 0.2) is 66.8 Å². The molecule has 0 radical (unpaired) electrons. The molecule has 0 atom stereocenters. The fourth-order valence-corrected chi connectivity index (χ4v) is 2.81. The van der Waals surface area contributed by atoms with Crippen LogP contribution < -0.4 is 10.1 Å². The molecule has 5 nitrogen and oxygen atoms in total. The molecule has 2 aromatic carbocycles. The fourth-order valence-electron chi connectivity index (χ4n) is 2.56. The predicted molar refractivity (Wildman–Crippen MR) is 108 cm³/mol. The predicted octanol–water partition coefficient (Wildman–Crippen LogP) is 3.22. The quantitative estimate of drug-likeness (QED) is 0.353. The molecule has 7 heteroatoms. The standard InChI is InChI=1S/C21H17FN2O3S/c1-2-11-24-20(26)18(19(25)23-21(24)28)12-14-5-9-17(10-6-14)27-13-15-3-7-16(22)8-4-15/h2-10,12H,1,11,13H2,(H,23,25,28)/b18-12+. The van der Waals surface area contributed by atoms with E-state index in [9.17, 15) is 14.0 Å². The number of rotatable bonds is 6. The number of amides is 2. The van der Waals surface area contributed by atoms with Gasteiger partial charge in [-0.25, -0.2) is 4.39 Å². The first-order chi connectivity index (χ1) is 13.5. The van der Waals surface area contributed by atoms with E-state index in [0.29, 0.717) is 17.9 Å². The van der Waals surface area contributed by atoms with Crippen molar-refractivity contribution in [1.29, 1.82) is 0 Å². The van der Waals surface area contributed by atoms with Crippen molar-refractivity contribution in [3.8, 4) is 5.75 Å². The van der Waals surface area contributed by atoms with Gasteiger partial charge in [-0.1, -0.05) is 30.3 Å². The molecular weight excluding hydrogens is 379 g/mol. The topological polar surface area (TPSA) is 58.6 Å². The lowest BCUT2D eigenvalue weighted by Crippen LogP contribution is -2.53. The van der Waals surface area contributed by atoms with E-state index >= 15 is 0 Å². The number of hydrogen-bond donors (Lipinski definition) is 1. The maximum absolute atomic E-state index is 12.9. The molecular formula is C21H17FN2O3S. The number of thiocarbonyl (C=S) groups is 1. The van der Waals surface area contributed by atoms with Crippen molar-refractivity contribution in [1.82, 2.24) is 10.2 Å². The van der Waals surface area contributed by atoms with Gasteiger partial charge in [-0.2, -0.15) is 0 Å². The first-order valence-corrected chi connectivity index (χ1v) is 8.86. The highest BCUT2D eigenvalue weighted by molar-refractivity contribution is 7.80. The molecule has 0 spiro atoms. The molecule has 0 unspecified atom stereocenters. The molecule has 142 valence electrons. The van der Waals surface area contributed by atoms with E-state index < -0.39 is 11.8 Å². The van der Waals surface area contributed by atoms with Crippen molar-refractivity contribution in [3.63, 3.8) is 0 Å². The zero-order valence-corrected chi connectivity index (χ0v) is 15.7. The van der Waals surface area contributed by atoms with Crippen LogP contribution in [0.4, 0.5) is 4.39 Å². The van der Waals surface area contributed by atoms with E-state index in [1.165, 1.54) is 29.2 Å². The lowest BCUT2D eigenvalue weighted by Gasteiger charge is -2.27. The number of benzene rings is 2. The van der Waals surface area contributed by atoms with Crippen LogP contribution in [-0.2, 0) is 16.2 Å². The highest BCUT2D eigenvalue weighted by Crippen LogP contribution is 2.18. The number of halogens is 1. The van der Waals surface area contributed by atoms with Gasteiger partial charge < -0.3 is 4.74 Å². The lowest BCUT2D eigenvalue weighted by molar-refractivity contribution is -0.128. The largest absolute Gasteiger partial charge is 0.489 e. The van der Waals surface area contributed by atoms with Crippen LogP contribution in [0.25, 0.3) is 6.08 Å². The Kier molecular flexibility index (Phi) is 5.96. The summed E-state index contributed by atoms with van der Waals surface area (Å²) in [6, 6.07) is 13.0. The summed E-state index contributed by atoms with van der Waals surface area (Å²) in [5.41, 5.74) is 1.50. The van der Waals surface area contributed by atoms with Gasteiger partial charge in [-0.3, -0.25) is 19.8 Å². The van der Waals surface area contributed by atoms with Gasteiger partial charge in [0.1, 0.15) is 23.7 Å². The molecule has 1 aliphatic rings. The van der Waals surface area contributed by atoms with Crippen LogP contribution in [0.5, 0.6) is 5.75 Å². The molecule has 0 saturated carbocycles. The normalized spacial score (nSPS) is 15.5. The van der Waals surface area contributed by atoms with Crippen molar-refractivity contribution in [2.75, 3.05) is 6.54 Å². The second-order valence-corrected chi connectivity index (χ2v) is 6.39. The summed E-state index contributed by atoms with van der Waals surface area (Å²) in [5.74, 6) is -0.688. The molecule has 1 aliphatic heterocycles. The average Bonchev–Trinajstić information content (AvgIpc) is 2.69. The van der Waals surface area contributed by atoms with E-state index in [-0.39, 0.29) is 23.0 Å². The van der Waals surface area contributed by atoms with Crippen molar-refractivity contribution < 1.29 is 18.7 Å². The number of ether oxygens (including phenoxy) is 1. The maximum atomic E-state index is 12.9. The van der Waals surface area contributed by atoms with Crippen LogP contribution in [0.1, 0.15) is 11.1 Å². The Morgan fingerprint density at radius 2 is 1.79 bits per heavy atom. The zero-order valence-electron chi connectivity index (χ0n) is 14.9. The Balaban J connectivity index is 1.70. The Hall–Kier alpha value is -3.32. The summed E-state index contributed by atoms with van der Waals surface area (Å²) in [5, 5.41) is 2.57. The summed E-state index contributed by atoms with van der Waals surface area (Å²) in [4.78, 5) is 25.9. The summed E-state index contributed by atoms with van der Waals surface area (Å²) in [6.45, 7) is 4.10. The van der Waals surface area contributed by atoms with Crippen molar-refractivity contribution in [3.05, 3.63) is 83.7 Å². The summed E-state index contributed by atoms with van der Waals surface area (Å²) < 4.78 is 18.6. The fraction of sp³-hybridized carbons (Fsp3) is 0.0952. The molecule has 2 amide bonds. The minimum Gasteiger partial charge on any atom is -0.489 e. The van der Waals surface area contributed by atoms with Crippen LogP contribution >= 0.6 is 12.2 Å². The van der Waals surface area contributed by atoms with Crippen molar-refractivity contribution in [2.45, 2.75) is 6.61 Å². The first-order valence-electron chi connectivity index (χ1n) is 8.45. The zero-order chi connectivity index (χ0) is 20.1. The first kappa shape index (κ1) is 19.4. The SMILES string of the molecule is C=CCN1C(=O)/C(=C/c2ccc(OCc3ccc(F)cc3)cc2)C(=O)NC1=S. The molecule has 0 aromatic heterocycles. The van der Waals surface area contributed by atoms with Crippen molar-refractivity contribution >= 4 is 35.2 Å². The van der Waals surface area contributed by atoms with E-state index in [0.717, 1.165) is 5.56 Å². The van der Waals surface area contributed by atoms with E-state index in [1.807, 2.05) is 0 Å². The third kappa shape index (κ3) is 4.50. The van der Waals surface area contributed by atoms with Gasteiger partial charge in [0.05, 0.1) is 0 Å². The number of carbonyl (C=O) groups excluding carboxylic acids is 2. The number of carbonyl (C=O) groups is 2. The lowest BCUT2D eigenvalue weighted by atomic mass is 10.1. The average molecular weight is 396 g/mol. The summed E-state index contributed by atoms with van der Waals surface area (Å²) in [6.07, 6.45) is 3.03. The molecule has 1 saturated heterocycles. The highest BCUT2D eigenvalue weighted by atomic mass is 32.1. The van der Waals surface area contributed by atoms with E-state index in [4.69, 9.17) is 17.0 Å².